The molecule has 1 fully saturated rings. The fourth-order valence-electron chi connectivity index (χ4n) is 3.45. The molecule has 0 aliphatic carbocycles. The second-order valence-corrected chi connectivity index (χ2v) is 7.50. The van der Waals surface area contributed by atoms with E-state index in [9.17, 15) is 19.8 Å². The number of rotatable bonds is 4. The Balaban J connectivity index is 1.57. The summed E-state index contributed by atoms with van der Waals surface area (Å²) in [7, 11) is 3.00. The van der Waals surface area contributed by atoms with Gasteiger partial charge in [0.05, 0.1) is 18.4 Å². The zero-order chi connectivity index (χ0) is 24.4. The van der Waals surface area contributed by atoms with Gasteiger partial charge in [-0.25, -0.2) is 15.0 Å². The maximum absolute atomic E-state index is 12.4. The molecule has 4 rings (SSSR count). The number of imidazole rings is 1. The first-order valence-electron chi connectivity index (χ1n) is 10.2. The molecule has 34 heavy (non-hydrogen) atoms. The van der Waals surface area contributed by atoms with Gasteiger partial charge in [-0.1, -0.05) is 5.92 Å². The fraction of sp³-hybridized carbons (Fsp3) is 0.333. The maximum atomic E-state index is 12.4. The number of nitrogens with two attached hydrogens (primary N) is 1. The number of anilines is 1. The van der Waals surface area contributed by atoms with E-state index in [4.69, 9.17) is 10.5 Å². The first-order chi connectivity index (χ1) is 16.3. The van der Waals surface area contributed by atoms with Crippen LogP contribution in [0.2, 0.25) is 0 Å². The molecule has 0 bridgehead atoms. The topological polar surface area (TPSA) is 182 Å². The minimum absolute atomic E-state index is 0.0451. The monoisotopic (exact) mass is 466 g/mol. The molecule has 4 atom stereocenters. The lowest BCUT2D eigenvalue weighted by molar-refractivity contribution is -0.137. The van der Waals surface area contributed by atoms with E-state index >= 15 is 0 Å². The van der Waals surface area contributed by atoms with Crippen LogP contribution in [-0.2, 0) is 9.53 Å². The second kappa shape index (κ2) is 9.40. The lowest BCUT2D eigenvalue weighted by atomic mass is 10.1. The zero-order valence-corrected chi connectivity index (χ0v) is 18.3. The summed E-state index contributed by atoms with van der Waals surface area (Å²) < 4.78 is 6.93. The van der Waals surface area contributed by atoms with Gasteiger partial charge >= 0.3 is 0 Å². The van der Waals surface area contributed by atoms with Crippen LogP contribution in [0.4, 0.5) is 5.82 Å². The van der Waals surface area contributed by atoms with E-state index in [0.29, 0.717) is 5.56 Å². The standard InChI is InChI=1S/C21H22N8O5/c1-23-19(32)16-14(30)15(31)21(34-16)29-10-25-13-17(22)26-12(27-18(13)29)6-4-8-28(2)20(33)11-5-3-7-24-9-11/h3,5,7,9-10,14-16,21,30-31H,8H2,1-2H3,(H,23,32)(H2,22,26,27)/t14-,15+,16-,21+/m0/s1. The largest absolute Gasteiger partial charge is 0.387 e. The molecule has 0 aromatic carbocycles. The van der Waals surface area contributed by atoms with Crippen LogP contribution in [0.25, 0.3) is 11.2 Å². The third-order valence-electron chi connectivity index (χ3n) is 5.24. The maximum Gasteiger partial charge on any atom is 0.255 e. The summed E-state index contributed by atoms with van der Waals surface area (Å²) in [6, 6.07) is 3.33. The summed E-state index contributed by atoms with van der Waals surface area (Å²) >= 11 is 0. The van der Waals surface area contributed by atoms with E-state index in [1.54, 1.807) is 25.4 Å². The summed E-state index contributed by atoms with van der Waals surface area (Å²) in [5, 5.41) is 23.0. The van der Waals surface area contributed by atoms with Gasteiger partial charge in [0.2, 0.25) is 5.82 Å². The number of carbonyl (C=O) groups excluding carboxylic acids is 2. The van der Waals surface area contributed by atoms with Gasteiger partial charge in [0, 0.05) is 26.5 Å². The Bertz CT molecular complexity index is 1280. The molecule has 2 amide bonds. The van der Waals surface area contributed by atoms with Crippen LogP contribution in [0, 0.1) is 11.8 Å². The van der Waals surface area contributed by atoms with Crippen molar-refractivity contribution in [2.45, 2.75) is 24.5 Å². The van der Waals surface area contributed by atoms with E-state index in [1.165, 1.54) is 29.0 Å². The van der Waals surface area contributed by atoms with Crippen molar-refractivity contribution in [3.05, 3.63) is 42.2 Å². The number of hydrogen-bond acceptors (Lipinski definition) is 10. The molecule has 0 unspecified atom stereocenters. The molecular weight excluding hydrogens is 444 g/mol. The van der Waals surface area contributed by atoms with E-state index in [2.05, 4.69) is 37.1 Å². The Labute approximate surface area is 193 Å². The van der Waals surface area contributed by atoms with Crippen LogP contribution in [0.15, 0.2) is 30.9 Å². The van der Waals surface area contributed by atoms with Crippen LogP contribution < -0.4 is 11.1 Å². The number of nitrogen functional groups attached to an aromatic ring is 1. The molecule has 4 heterocycles. The van der Waals surface area contributed by atoms with Gasteiger partial charge in [-0.15, -0.1) is 0 Å². The van der Waals surface area contributed by atoms with E-state index < -0.39 is 30.4 Å². The van der Waals surface area contributed by atoms with Crippen molar-refractivity contribution in [3.63, 3.8) is 0 Å². The number of likely N-dealkylation sites (N-methyl/N-ethyl adjacent to an activating group) is 1. The molecule has 176 valence electrons. The number of aliphatic hydroxyl groups excluding tert-OH is 2. The van der Waals surface area contributed by atoms with Crippen LogP contribution >= 0.6 is 0 Å². The van der Waals surface area contributed by atoms with Gasteiger partial charge < -0.3 is 30.9 Å². The molecule has 13 heteroatoms. The highest BCUT2D eigenvalue weighted by Gasteiger charge is 2.47. The van der Waals surface area contributed by atoms with Gasteiger partial charge in [0.15, 0.2) is 23.8 Å². The fourth-order valence-corrected chi connectivity index (χ4v) is 3.45. The smallest absolute Gasteiger partial charge is 0.255 e. The van der Waals surface area contributed by atoms with Crippen molar-refractivity contribution in [2.24, 2.45) is 0 Å². The highest BCUT2D eigenvalue weighted by atomic mass is 16.6. The molecule has 3 aromatic heterocycles. The third-order valence-corrected chi connectivity index (χ3v) is 5.24. The molecule has 3 aromatic rings. The van der Waals surface area contributed by atoms with Crippen molar-refractivity contribution < 1.29 is 24.5 Å². The summed E-state index contributed by atoms with van der Waals surface area (Å²) in [4.78, 5) is 42.3. The van der Waals surface area contributed by atoms with Crippen LogP contribution in [0.1, 0.15) is 22.4 Å². The quantitative estimate of drug-likeness (QED) is 0.323. The van der Waals surface area contributed by atoms with E-state index in [0.717, 1.165) is 0 Å². The van der Waals surface area contributed by atoms with Crippen molar-refractivity contribution in [2.75, 3.05) is 26.4 Å². The molecule has 0 spiro atoms. The first kappa shape index (κ1) is 23.1. The number of carbonyl (C=O) groups is 2. The average Bonchev–Trinajstić information content (AvgIpc) is 3.39. The number of fused-ring (bicyclic) bond motifs is 1. The van der Waals surface area contributed by atoms with Crippen LogP contribution in [0.3, 0.4) is 0 Å². The predicted molar refractivity (Wildman–Crippen MR) is 118 cm³/mol. The van der Waals surface area contributed by atoms with Crippen molar-refractivity contribution in [1.82, 2.24) is 34.7 Å². The number of pyridine rings is 1. The number of hydrogen-bond donors (Lipinski definition) is 4. The Hall–Kier alpha value is -4.12. The molecule has 1 aliphatic rings. The second-order valence-electron chi connectivity index (χ2n) is 7.50. The van der Waals surface area contributed by atoms with Crippen LogP contribution in [-0.4, -0.2) is 90.4 Å². The number of ether oxygens (including phenoxy) is 1. The van der Waals surface area contributed by atoms with Crippen LogP contribution in [0.5, 0.6) is 0 Å². The lowest BCUT2D eigenvalue weighted by Gasteiger charge is -2.16. The highest BCUT2D eigenvalue weighted by molar-refractivity contribution is 5.93. The predicted octanol–water partition coefficient (Wildman–Crippen LogP) is -1.71. The number of nitrogens with one attached hydrogen (secondary N) is 1. The molecule has 1 aliphatic heterocycles. The Morgan fingerprint density at radius 1 is 1.32 bits per heavy atom. The normalized spacial score (nSPS) is 21.6. The molecule has 13 nitrogen and oxygen atoms in total. The Morgan fingerprint density at radius 3 is 2.82 bits per heavy atom. The first-order valence-corrected chi connectivity index (χ1v) is 10.2. The molecule has 0 saturated carbocycles. The van der Waals surface area contributed by atoms with E-state index in [1.807, 2.05) is 0 Å². The Morgan fingerprint density at radius 2 is 2.12 bits per heavy atom. The third kappa shape index (κ3) is 4.25. The minimum Gasteiger partial charge on any atom is -0.387 e. The number of aliphatic hydroxyl groups is 2. The van der Waals surface area contributed by atoms with Crippen molar-refractivity contribution in [3.8, 4) is 11.8 Å². The number of aromatic nitrogens is 5. The van der Waals surface area contributed by atoms with Gasteiger partial charge in [-0.3, -0.25) is 19.1 Å². The van der Waals surface area contributed by atoms with Crippen molar-refractivity contribution in [1.29, 1.82) is 0 Å². The zero-order valence-electron chi connectivity index (χ0n) is 18.3. The minimum atomic E-state index is -1.45. The Kier molecular flexibility index (Phi) is 6.37. The SMILES string of the molecule is CNC(=O)[C@H]1O[C@@H](n2cnc3c(N)nc(C#CCN(C)C(=O)c4cccnc4)nc32)[C@H](O)[C@@H]1O. The molecule has 1 saturated heterocycles. The van der Waals surface area contributed by atoms with Crippen molar-refractivity contribution >= 4 is 28.8 Å². The number of amides is 2. The van der Waals surface area contributed by atoms with Gasteiger partial charge in [-0.05, 0) is 18.1 Å². The van der Waals surface area contributed by atoms with Gasteiger partial charge in [0.1, 0.15) is 17.7 Å². The van der Waals surface area contributed by atoms with Gasteiger partial charge in [-0.2, -0.15) is 0 Å². The molecule has 5 N–H and O–H groups in total. The highest BCUT2D eigenvalue weighted by Crippen LogP contribution is 2.32. The number of nitrogens with zero attached hydrogens (tertiary/aromatic N) is 6. The summed E-state index contributed by atoms with van der Waals surface area (Å²) in [5.74, 6) is 4.86. The lowest BCUT2D eigenvalue weighted by Crippen LogP contribution is -2.41. The summed E-state index contributed by atoms with van der Waals surface area (Å²) in [6.07, 6.45) is -0.911. The molecule has 0 radical (unpaired) electrons. The molecular formula is C21H22N8O5. The summed E-state index contributed by atoms with van der Waals surface area (Å²) in [6.45, 7) is 0.0960. The average molecular weight is 466 g/mol. The summed E-state index contributed by atoms with van der Waals surface area (Å²) in [5.41, 5.74) is 6.87. The van der Waals surface area contributed by atoms with Gasteiger partial charge in [0.25, 0.3) is 11.8 Å². The van der Waals surface area contributed by atoms with E-state index in [-0.39, 0.29) is 35.3 Å².